The molecule has 2 saturated heterocycles. The molecule has 4 amide bonds. The number of carbonyl (C=O) groups excluding carboxylic acids is 5. The Morgan fingerprint density at radius 3 is 2.44 bits per heavy atom. The van der Waals surface area contributed by atoms with E-state index in [1.54, 1.807) is 12.1 Å². The molecule has 0 unspecified atom stereocenters. The Labute approximate surface area is 298 Å². The lowest BCUT2D eigenvalue weighted by molar-refractivity contribution is -0.145. The molecule has 14 heteroatoms. The van der Waals surface area contributed by atoms with Crippen molar-refractivity contribution in [1.29, 1.82) is 0 Å². The van der Waals surface area contributed by atoms with Crippen molar-refractivity contribution in [2.75, 3.05) is 26.9 Å². The number of benzene rings is 1. The second kappa shape index (κ2) is 15.7. The third kappa shape index (κ3) is 8.95. The van der Waals surface area contributed by atoms with Gasteiger partial charge in [-0.2, -0.15) is 0 Å². The van der Waals surface area contributed by atoms with Gasteiger partial charge in [-0.15, -0.1) is 0 Å². The molecule has 3 N–H and O–H groups in total. The molecule has 4 atom stereocenters. The highest BCUT2D eigenvalue weighted by molar-refractivity contribution is 6.38. The molecule has 1 aromatic rings. The molecule has 3 aliphatic heterocycles. The van der Waals surface area contributed by atoms with Gasteiger partial charge in [-0.3, -0.25) is 24.0 Å². The molecule has 0 radical (unpaired) electrons. The molecule has 5 rings (SSSR count). The number of ether oxygens (including phenoxy) is 2. The SMILES string of the molecule is CCC[C@H](NC(=O)[C@@H]1C[C@]2(CC(c3ccc(OC)c(Cl)c3)=NO2)CN1C(=O)[C@@H](NC(=O)CC1CCOCC1)C(C)(C)C)C(=O)C(=O)NC1CC1. The minimum absolute atomic E-state index is 0.0117. The average molecular weight is 716 g/mol. The van der Waals surface area contributed by atoms with Gasteiger partial charge in [0.15, 0.2) is 5.60 Å². The molecule has 1 saturated carbocycles. The van der Waals surface area contributed by atoms with E-state index >= 15 is 0 Å². The molecule has 274 valence electrons. The number of ketones is 1. The first kappa shape index (κ1) is 37.5. The predicted molar refractivity (Wildman–Crippen MR) is 186 cm³/mol. The second-order valence-electron chi connectivity index (χ2n) is 15.1. The van der Waals surface area contributed by atoms with Crippen molar-refractivity contribution in [1.82, 2.24) is 20.9 Å². The molecule has 1 aliphatic carbocycles. The lowest BCUT2D eigenvalue weighted by atomic mass is 9.85. The quantitative estimate of drug-likeness (QED) is 0.262. The molecule has 0 bridgehead atoms. The van der Waals surface area contributed by atoms with Gasteiger partial charge in [-0.25, -0.2) is 0 Å². The van der Waals surface area contributed by atoms with E-state index in [2.05, 4.69) is 21.1 Å². The van der Waals surface area contributed by atoms with Gasteiger partial charge in [0.2, 0.25) is 23.5 Å². The second-order valence-corrected chi connectivity index (χ2v) is 15.5. The molecule has 13 nitrogen and oxygen atoms in total. The predicted octanol–water partition coefficient (Wildman–Crippen LogP) is 3.29. The maximum absolute atomic E-state index is 14.6. The van der Waals surface area contributed by atoms with Crippen LogP contribution in [0.4, 0.5) is 0 Å². The van der Waals surface area contributed by atoms with Gasteiger partial charge in [0.05, 0.1) is 30.4 Å². The van der Waals surface area contributed by atoms with Gasteiger partial charge in [-0.1, -0.05) is 50.9 Å². The number of amides is 4. The molecule has 3 heterocycles. The first-order valence-electron chi connectivity index (χ1n) is 17.6. The Balaban J connectivity index is 1.39. The van der Waals surface area contributed by atoms with Crippen LogP contribution in [0.25, 0.3) is 0 Å². The molecule has 50 heavy (non-hydrogen) atoms. The number of Topliss-reactive ketones (excluding diaryl/α,β-unsaturated/α-hetero) is 1. The van der Waals surface area contributed by atoms with Gasteiger partial charge in [0.1, 0.15) is 17.8 Å². The zero-order valence-electron chi connectivity index (χ0n) is 29.6. The van der Waals surface area contributed by atoms with Crippen molar-refractivity contribution in [3.8, 4) is 5.75 Å². The Hall–Kier alpha value is -3.71. The van der Waals surface area contributed by atoms with E-state index in [4.69, 9.17) is 25.9 Å². The zero-order chi connectivity index (χ0) is 36.2. The maximum Gasteiger partial charge on any atom is 0.289 e. The van der Waals surface area contributed by atoms with E-state index < -0.39 is 52.6 Å². The first-order chi connectivity index (χ1) is 23.7. The summed E-state index contributed by atoms with van der Waals surface area (Å²) in [6, 6.07) is 2.17. The lowest BCUT2D eigenvalue weighted by Gasteiger charge is -2.36. The number of oxime groups is 1. The van der Waals surface area contributed by atoms with Gasteiger partial charge in [-0.05, 0) is 61.6 Å². The highest BCUT2D eigenvalue weighted by atomic mass is 35.5. The van der Waals surface area contributed by atoms with Crippen LogP contribution < -0.4 is 20.7 Å². The van der Waals surface area contributed by atoms with Crippen LogP contribution in [0.15, 0.2) is 23.4 Å². The molecule has 1 spiro atoms. The summed E-state index contributed by atoms with van der Waals surface area (Å²) in [6.07, 6.45) is 4.60. The highest BCUT2D eigenvalue weighted by Crippen LogP contribution is 2.41. The minimum atomic E-state index is -1.06. The number of methoxy groups -OCH3 is 1. The van der Waals surface area contributed by atoms with Crippen LogP contribution in [0.5, 0.6) is 5.75 Å². The number of hydrogen-bond donors (Lipinski definition) is 3. The molecular formula is C36H50ClN5O8. The Morgan fingerprint density at radius 1 is 1.10 bits per heavy atom. The maximum atomic E-state index is 14.6. The fourth-order valence-electron chi connectivity index (χ4n) is 6.84. The average Bonchev–Trinajstić information content (AvgIpc) is 3.67. The van der Waals surface area contributed by atoms with Crippen LogP contribution in [0.3, 0.4) is 0 Å². The number of rotatable bonds is 13. The van der Waals surface area contributed by atoms with Gasteiger partial charge < -0.3 is 35.2 Å². The summed E-state index contributed by atoms with van der Waals surface area (Å²) in [4.78, 5) is 75.5. The third-order valence-corrected chi connectivity index (χ3v) is 10.2. The molecule has 1 aromatic carbocycles. The Kier molecular flexibility index (Phi) is 11.8. The van der Waals surface area contributed by atoms with E-state index in [0.29, 0.717) is 41.7 Å². The van der Waals surface area contributed by atoms with Crippen molar-refractivity contribution in [3.63, 3.8) is 0 Å². The summed E-state index contributed by atoms with van der Waals surface area (Å²) < 4.78 is 10.7. The number of halogens is 1. The number of hydrogen-bond acceptors (Lipinski definition) is 9. The van der Waals surface area contributed by atoms with E-state index in [-0.39, 0.29) is 50.1 Å². The number of nitrogens with zero attached hydrogens (tertiary/aromatic N) is 2. The Morgan fingerprint density at radius 2 is 1.82 bits per heavy atom. The molecule has 0 aromatic heterocycles. The lowest BCUT2D eigenvalue weighted by Crippen LogP contribution is -2.59. The topological polar surface area (TPSA) is 165 Å². The summed E-state index contributed by atoms with van der Waals surface area (Å²) in [5, 5.41) is 13.3. The molecular weight excluding hydrogens is 666 g/mol. The van der Waals surface area contributed by atoms with Crippen LogP contribution in [0, 0.1) is 11.3 Å². The van der Waals surface area contributed by atoms with Crippen LogP contribution >= 0.6 is 11.6 Å². The van der Waals surface area contributed by atoms with Crippen molar-refractivity contribution >= 4 is 46.7 Å². The van der Waals surface area contributed by atoms with Crippen LogP contribution in [0.1, 0.15) is 91.0 Å². The van der Waals surface area contributed by atoms with Crippen molar-refractivity contribution in [2.45, 2.75) is 115 Å². The first-order valence-corrected chi connectivity index (χ1v) is 18.0. The normalized spacial score (nSPS) is 23.4. The summed E-state index contributed by atoms with van der Waals surface area (Å²) in [5.41, 5.74) is -0.460. The van der Waals surface area contributed by atoms with Crippen LogP contribution in [0.2, 0.25) is 5.02 Å². The summed E-state index contributed by atoms with van der Waals surface area (Å²) >= 11 is 6.40. The van der Waals surface area contributed by atoms with Gasteiger partial charge >= 0.3 is 0 Å². The van der Waals surface area contributed by atoms with E-state index in [1.807, 2.05) is 33.8 Å². The summed E-state index contributed by atoms with van der Waals surface area (Å²) in [6.45, 7) is 8.66. The van der Waals surface area contributed by atoms with E-state index in [0.717, 1.165) is 25.7 Å². The third-order valence-electron chi connectivity index (χ3n) is 9.89. The molecule has 3 fully saturated rings. The van der Waals surface area contributed by atoms with Gasteiger partial charge in [0.25, 0.3) is 5.91 Å². The van der Waals surface area contributed by atoms with Crippen LogP contribution in [-0.4, -0.2) is 96.7 Å². The van der Waals surface area contributed by atoms with Crippen molar-refractivity contribution in [2.24, 2.45) is 16.5 Å². The Bertz CT molecular complexity index is 1500. The number of carbonyl (C=O) groups is 5. The largest absolute Gasteiger partial charge is 0.495 e. The fourth-order valence-corrected chi connectivity index (χ4v) is 7.10. The smallest absolute Gasteiger partial charge is 0.289 e. The minimum Gasteiger partial charge on any atom is -0.495 e. The summed E-state index contributed by atoms with van der Waals surface area (Å²) in [5.74, 6) is -2.03. The van der Waals surface area contributed by atoms with E-state index in [1.165, 1.54) is 12.0 Å². The zero-order valence-corrected chi connectivity index (χ0v) is 30.4. The molecule has 4 aliphatic rings. The van der Waals surface area contributed by atoms with Crippen molar-refractivity contribution in [3.05, 3.63) is 28.8 Å². The highest BCUT2D eigenvalue weighted by Gasteiger charge is 2.55. The standard InChI is InChI=1S/C36H50ClN5O8/c1-6-7-25(30(44)33(46)38-23-9-10-23)39-32(45)27-19-36(18-26(41-50-36)22-8-11-28(48-5)24(37)17-22)20-42(27)34(47)31(35(2,3)4)40-29(43)16-21-12-14-49-15-13-21/h8,11,17,21,23,25,27,31H,6-7,9-10,12-16,18-20H2,1-5H3,(H,38,46)(H,39,45)(H,40,43)/t25-,27-,31+,36+/m0/s1. The van der Waals surface area contributed by atoms with Gasteiger partial charge in [0, 0.05) is 44.1 Å². The number of nitrogens with one attached hydrogen (secondary N) is 3. The monoisotopic (exact) mass is 715 g/mol. The van der Waals surface area contributed by atoms with Crippen molar-refractivity contribution < 1.29 is 38.3 Å². The number of likely N-dealkylation sites (tertiary alicyclic amines) is 1. The van der Waals surface area contributed by atoms with E-state index in [9.17, 15) is 24.0 Å². The fraction of sp³-hybridized carbons (Fsp3) is 0.667. The summed E-state index contributed by atoms with van der Waals surface area (Å²) in [7, 11) is 1.53. The van der Waals surface area contributed by atoms with Crippen LogP contribution in [-0.2, 0) is 33.5 Å².